The van der Waals surface area contributed by atoms with Crippen LogP contribution in [0, 0.1) is 29.3 Å². The molecule has 2 aliphatic carbocycles. The minimum absolute atomic E-state index is 0.0787. The molecule has 41 heavy (non-hydrogen) atoms. The van der Waals surface area contributed by atoms with E-state index in [4.69, 9.17) is 16.3 Å². The molecule has 1 heterocycles. The first kappa shape index (κ1) is 29.1. The molecule has 4 N–H and O–H groups in total. The minimum Gasteiger partial charge on any atom is -0.447 e. The standard InChI is InChI=1S/C26H25ClF3N3O7S/c27-17-4-1-12(23(34)32-15-8-18(28)22(30)19(29)9-15)5-21(17)41(38,39)16-6-13-2-3-14(7-16)26(13,37)11-31-24(35)20-10-40-25(36)33-20/h1,4-5,8-9,13-14,16,20,37H,2-3,6-7,10-11H2,(H,31,35)(H,32,34)(H,33,36)/t13?,14?,16-,20?,26-. The van der Waals surface area contributed by atoms with Crippen molar-refractivity contribution in [3.05, 3.63) is 58.4 Å². The molecule has 10 nitrogen and oxygen atoms in total. The van der Waals surface area contributed by atoms with Gasteiger partial charge in [0.2, 0.25) is 5.91 Å². The molecule has 3 amide bonds. The number of halogens is 4. The first-order valence-corrected chi connectivity index (χ1v) is 14.6. The van der Waals surface area contributed by atoms with Crippen molar-refractivity contribution in [3.63, 3.8) is 0 Å². The van der Waals surface area contributed by atoms with Crippen LogP contribution >= 0.6 is 11.6 Å². The highest BCUT2D eigenvalue weighted by atomic mass is 35.5. The number of benzene rings is 2. The van der Waals surface area contributed by atoms with Gasteiger partial charge in [-0.3, -0.25) is 9.59 Å². The lowest BCUT2D eigenvalue weighted by atomic mass is 9.74. The summed E-state index contributed by atoms with van der Waals surface area (Å²) >= 11 is 6.24. The number of cyclic esters (lactones) is 1. The van der Waals surface area contributed by atoms with Crippen LogP contribution in [-0.4, -0.2) is 61.5 Å². The molecule has 220 valence electrons. The number of alkyl carbamates (subject to hydrolysis) is 1. The predicted octanol–water partition coefficient (Wildman–Crippen LogP) is 2.93. The number of rotatable bonds is 7. The fraction of sp³-hybridized carbons (Fsp3) is 0.423. The summed E-state index contributed by atoms with van der Waals surface area (Å²) in [4.78, 5) is 36.0. The Morgan fingerprint density at radius 2 is 1.73 bits per heavy atom. The van der Waals surface area contributed by atoms with Gasteiger partial charge in [0.25, 0.3) is 5.91 Å². The third kappa shape index (κ3) is 5.47. The van der Waals surface area contributed by atoms with Crippen molar-refractivity contribution >= 4 is 45.0 Å². The number of carbonyl (C=O) groups excluding carboxylic acids is 3. The topological polar surface area (TPSA) is 151 Å². The predicted molar refractivity (Wildman–Crippen MR) is 138 cm³/mol. The highest BCUT2D eigenvalue weighted by Gasteiger charge is 2.56. The summed E-state index contributed by atoms with van der Waals surface area (Å²) in [5.74, 6) is -7.05. The Labute approximate surface area is 237 Å². The van der Waals surface area contributed by atoms with E-state index in [1.54, 1.807) is 0 Å². The molecular weight excluding hydrogens is 591 g/mol. The Bertz CT molecular complexity index is 1500. The summed E-state index contributed by atoms with van der Waals surface area (Å²) in [6, 6.07) is 3.80. The van der Waals surface area contributed by atoms with E-state index >= 15 is 0 Å². The lowest BCUT2D eigenvalue weighted by molar-refractivity contribution is -0.126. The van der Waals surface area contributed by atoms with Gasteiger partial charge in [-0.05, 0) is 55.7 Å². The zero-order valence-electron chi connectivity index (χ0n) is 21.3. The van der Waals surface area contributed by atoms with Gasteiger partial charge in [0.15, 0.2) is 27.3 Å². The summed E-state index contributed by atoms with van der Waals surface area (Å²) in [6.07, 6.45) is 0.513. The monoisotopic (exact) mass is 615 g/mol. The Morgan fingerprint density at radius 3 is 2.32 bits per heavy atom. The van der Waals surface area contributed by atoms with E-state index in [1.165, 1.54) is 12.1 Å². The molecule has 2 saturated carbocycles. The average molecular weight is 616 g/mol. The maximum Gasteiger partial charge on any atom is 0.407 e. The summed E-state index contributed by atoms with van der Waals surface area (Å²) in [6.45, 7) is -0.257. The second-order valence-electron chi connectivity index (χ2n) is 10.5. The third-order valence-corrected chi connectivity index (χ3v) is 10.7. The fourth-order valence-electron chi connectivity index (χ4n) is 5.90. The van der Waals surface area contributed by atoms with Crippen LogP contribution in [0.5, 0.6) is 0 Å². The number of nitrogens with one attached hydrogen (secondary N) is 3. The van der Waals surface area contributed by atoms with Crippen LogP contribution in [0.4, 0.5) is 23.7 Å². The van der Waals surface area contributed by atoms with Crippen molar-refractivity contribution in [2.75, 3.05) is 18.5 Å². The van der Waals surface area contributed by atoms with Crippen molar-refractivity contribution in [1.82, 2.24) is 10.6 Å². The number of amides is 3. The van der Waals surface area contributed by atoms with E-state index in [0.717, 1.165) is 6.07 Å². The maximum absolute atomic E-state index is 13.7. The van der Waals surface area contributed by atoms with Crippen LogP contribution in [-0.2, 0) is 19.4 Å². The molecule has 0 radical (unpaired) electrons. The molecule has 0 aromatic heterocycles. The van der Waals surface area contributed by atoms with E-state index in [2.05, 4.69) is 16.0 Å². The van der Waals surface area contributed by atoms with Crippen LogP contribution in [0.1, 0.15) is 36.0 Å². The van der Waals surface area contributed by atoms with E-state index < -0.39 is 73.9 Å². The zero-order valence-corrected chi connectivity index (χ0v) is 22.8. The minimum atomic E-state index is -4.11. The number of aliphatic hydroxyl groups is 1. The number of hydrogen-bond acceptors (Lipinski definition) is 7. The van der Waals surface area contributed by atoms with Crippen LogP contribution < -0.4 is 16.0 Å². The SMILES string of the molecule is O=C1NC(C(=O)NC[C@]2(O)C3CCC2C[C@@H](S(=O)(=O)c2cc(C(=O)Nc4cc(F)c(F)c(F)c4)ccc2Cl)C3)CO1. The largest absolute Gasteiger partial charge is 0.447 e. The molecule has 2 aromatic carbocycles. The number of anilines is 1. The molecule has 1 saturated heterocycles. The molecule has 2 aromatic rings. The van der Waals surface area contributed by atoms with Crippen LogP contribution in [0.3, 0.4) is 0 Å². The van der Waals surface area contributed by atoms with Gasteiger partial charge >= 0.3 is 6.09 Å². The Morgan fingerprint density at radius 1 is 1.10 bits per heavy atom. The molecule has 1 aliphatic heterocycles. The summed E-state index contributed by atoms with van der Waals surface area (Å²) < 4.78 is 72.5. The molecule has 15 heteroatoms. The number of fused-ring (bicyclic) bond motifs is 2. The highest BCUT2D eigenvalue weighted by molar-refractivity contribution is 7.92. The summed E-state index contributed by atoms with van der Waals surface area (Å²) in [7, 11) is -4.11. The molecule has 3 fully saturated rings. The van der Waals surface area contributed by atoms with Crippen molar-refractivity contribution in [1.29, 1.82) is 0 Å². The van der Waals surface area contributed by atoms with Crippen LogP contribution in [0.2, 0.25) is 5.02 Å². The Balaban J connectivity index is 1.30. The number of hydrogen-bond donors (Lipinski definition) is 4. The summed E-state index contributed by atoms with van der Waals surface area (Å²) in [5, 5.41) is 17.6. The van der Waals surface area contributed by atoms with E-state index in [9.17, 15) is 41.1 Å². The maximum atomic E-state index is 13.7. The van der Waals surface area contributed by atoms with Crippen molar-refractivity contribution in [3.8, 4) is 0 Å². The van der Waals surface area contributed by atoms with E-state index in [1.807, 2.05) is 0 Å². The average Bonchev–Trinajstić information content (AvgIpc) is 3.38. The molecule has 2 bridgehead atoms. The van der Waals surface area contributed by atoms with Gasteiger partial charge in [-0.1, -0.05) is 11.6 Å². The van der Waals surface area contributed by atoms with Gasteiger partial charge < -0.3 is 25.8 Å². The highest BCUT2D eigenvalue weighted by Crippen LogP contribution is 2.52. The van der Waals surface area contributed by atoms with Gasteiger partial charge in [-0.2, -0.15) is 0 Å². The molecule has 3 unspecified atom stereocenters. The van der Waals surface area contributed by atoms with Crippen LogP contribution in [0.15, 0.2) is 35.2 Å². The molecule has 3 atom stereocenters. The molecule has 0 spiro atoms. The smallest absolute Gasteiger partial charge is 0.407 e. The third-order valence-electron chi connectivity index (χ3n) is 8.09. The lowest BCUT2D eigenvalue weighted by Crippen LogP contribution is -2.56. The number of sulfone groups is 1. The van der Waals surface area contributed by atoms with Gasteiger partial charge in [-0.15, -0.1) is 0 Å². The fourth-order valence-corrected chi connectivity index (χ4v) is 8.30. The first-order chi connectivity index (χ1) is 19.3. The Hall–Kier alpha value is -3.36. The normalized spacial score (nSPS) is 27.2. The van der Waals surface area contributed by atoms with Crippen LogP contribution in [0.25, 0.3) is 0 Å². The molecular formula is C26H25ClF3N3O7S. The lowest BCUT2D eigenvalue weighted by Gasteiger charge is -2.42. The second-order valence-corrected chi connectivity index (χ2v) is 13.1. The number of carbonyl (C=O) groups is 3. The van der Waals surface area contributed by atoms with Crippen molar-refractivity contribution in [2.45, 2.75) is 47.5 Å². The molecule has 5 rings (SSSR count). The first-order valence-electron chi connectivity index (χ1n) is 12.7. The van der Waals surface area contributed by atoms with E-state index in [-0.39, 0.29) is 47.2 Å². The van der Waals surface area contributed by atoms with Gasteiger partial charge in [0.1, 0.15) is 12.6 Å². The second kappa shape index (κ2) is 10.8. The zero-order chi connectivity index (χ0) is 29.7. The van der Waals surface area contributed by atoms with Crippen molar-refractivity contribution in [2.24, 2.45) is 11.8 Å². The van der Waals surface area contributed by atoms with Gasteiger partial charge in [0.05, 0.1) is 20.8 Å². The quantitative estimate of drug-likeness (QED) is 0.350. The molecule has 3 aliphatic rings. The number of ether oxygens (including phenoxy) is 1. The van der Waals surface area contributed by atoms with E-state index in [0.29, 0.717) is 25.0 Å². The Kier molecular flexibility index (Phi) is 7.68. The van der Waals surface area contributed by atoms with Gasteiger partial charge in [0, 0.05) is 29.9 Å². The van der Waals surface area contributed by atoms with Gasteiger partial charge in [-0.25, -0.2) is 26.4 Å². The van der Waals surface area contributed by atoms with Crippen molar-refractivity contribution < 1.29 is 45.8 Å². The summed E-state index contributed by atoms with van der Waals surface area (Å²) in [5.41, 5.74) is -1.89.